The number of rotatable bonds is 5. The summed E-state index contributed by atoms with van der Waals surface area (Å²) in [6.07, 6.45) is 0. The van der Waals surface area contributed by atoms with Gasteiger partial charge in [0, 0.05) is 17.3 Å². The van der Waals surface area contributed by atoms with Gasteiger partial charge < -0.3 is 5.32 Å². The smallest absolute Gasteiger partial charge is 0.261 e. The maximum absolute atomic E-state index is 12.4. The van der Waals surface area contributed by atoms with Crippen LogP contribution in [0, 0.1) is 6.92 Å². The quantitative estimate of drug-likeness (QED) is 0.888. The fraction of sp³-hybridized carbons (Fsp3) is 0.200. The summed E-state index contributed by atoms with van der Waals surface area (Å²) in [4.78, 5) is 0.193. The van der Waals surface area contributed by atoms with Crippen molar-refractivity contribution < 1.29 is 8.42 Å². The Morgan fingerprint density at radius 3 is 2.57 bits per heavy atom. The van der Waals surface area contributed by atoms with Crippen LogP contribution in [0.25, 0.3) is 0 Å². The number of sulfonamides is 1. The molecule has 6 heteroatoms. The molecule has 2 aromatic rings. The average Bonchev–Trinajstić information content (AvgIpc) is 2.41. The molecule has 2 N–H and O–H groups in total. The van der Waals surface area contributed by atoms with E-state index in [1.165, 1.54) is 6.07 Å². The van der Waals surface area contributed by atoms with Crippen LogP contribution in [0.4, 0.5) is 5.69 Å². The zero-order chi connectivity index (χ0) is 15.5. The zero-order valence-electron chi connectivity index (χ0n) is 11.9. The fourth-order valence-electron chi connectivity index (χ4n) is 1.97. The van der Waals surface area contributed by atoms with Gasteiger partial charge in [-0.2, -0.15) is 0 Å². The standard InChI is InChI=1S/C15H17ClN2O2S/c1-11-4-3-5-13(8-11)18-21(19,20)14-6-7-15(16)12(9-14)10-17-2/h3-9,17-18H,10H2,1-2H3. The van der Waals surface area contributed by atoms with E-state index in [4.69, 9.17) is 11.6 Å². The number of hydrogen-bond acceptors (Lipinski definition) is 3. The molecule has 112 valence electrons. The van der Waals surface area contributed by atoms with Crippen molar-refractivity contribution in [1.29, 1.82) is 0 Å². The normalized spacial score (nSPS) is 11.4. The van der Waals surface area contributed by atoms with Crippen molar-refractivity contribution in [3.63, 3.8) is 0 Å². The molecule has 0 radical (unpaired) electrons. The molecule has 2 aromatic carbocycles. The van der Waals surface area contributed by atoms with Gasteiger partial charge in [0.15, 0.2) is 0 Å². The van der Waals surface area contributed by atoms with Gasteiger partial charge in [0.1, 0.15) is 0 Å². The molecule has 0 aliphatic rings. The number of hydrogen-bond donors (Lipinski definition) is 2. The zero-order valence-corrected chi connectivity index (χ0v) is 13.4. The molecule has 21 heavy (non-hydrogen) atoms. The molecular formula is C15H17ClN2O2S. The third kappa shape index (κ3) is 3.97. The maximum Gasteiger partial charge on any atom is 0.261 e. The molecule has 4 nitrogen and oxygen atoms in total. The van der Waals surface area contributed by atoms with Crippen molar-refractivity contribution in [3.8, 4) is 0 Å². The van der Waals surface area contributed by atoms with Gasteiger partial charge in [-0.25, -0.2) is 8.42 Å². The second kappa shape index (κ2) is 6.47. The fourth-order valence-corrected chi connectivity index (χ4v) is 3.25. The lowest BCUT2D eigenvalue weighted by Gasteiger charge is -2.11. The van der Waals surface area contributed by atoms with E-state index in [-0.39, 0.29) is 4.90 Å². The van der Waals surface area contributed by atoms with E-state index in [1.54, 1.807) is 31.3 Å². The van der Waals surface area contributed by atoms with Crippen LogP contribution in [0.5, 0.6) is 0 Å². The second-order valence-electron chi connectivity index (χ2n) is 4.76. The van der Waals surface area contributed by atoms with Crippen molar-refractivity contribution in [2.75, 3.05) is 11.8 Å². The van der Waals surface area contributed by atoms with Crippen LogP contribution in [-0.2, 0) is 16.6 Å². The summed E-state index contributed by atoms with van der Waals surface area (Å²) in [5.41, 5.74) is 2.27. The minimum atomic E-state index is -3.62. The summed E-state index contributed by atoms with van der Waals surface area (Å²) in [5.74, 6) is 0. The van der Waals surface area contributed by atoms with E-state index in [2.05, 4.69) is 10.0 Å². The van der Waals surface area contributed by atoms with Crippen LogP contribution < -0.4 is 10.0 Å². The number of nitrogens with one attached hydrogen (secondary N) is 2. The Hall–Kier alpha value is -1.56. The number of benzene rings is 2. The molecule has 0 bridgehead atoms. The van der Waals surface area contributed by atoms with Crippen molar-refractivity contribution >= 4 is 27.3 Å². The van der Waals surface area contributed by atoms with Gasteiger partial charge in [-0.3, -0.25) is 4.72 Å². The summed E-state index contributed by atoms with van der Waals surface area (Å²) in [6.45, 7) is 2.41. The van der Waals surface area contributed by atoms with Crippen LogP contribution >= 0.6 is 11.6 Å². The molecule has 0 amide bonds. The molecule has 0 aliphatic carbocycles. The maximum atomic E-state index is 12.4. The van der Waals surface area contributed by atoms with Crippen molar-refractivity contribution in [3.05, 3.63) is 58.6 Å². The summed E-state index contributed by atoms with van der Waals surface area (Å²) in [7, 11) is -1.84. The molecule has 0 spiro atoms. The highest BCUT2D eigenvalue weighted by Crippen LogP contribution is 2.22. The first kappa shape index (κ1) is 15.8. The first-order chi connectivity index (χ1) is 9.92. The Balaban J connectivity index is 2.33. The molecule has 0 heterocycles. The van der Waals surface area contributed by atoms with E-state index in [9.17, 15) is 8.42 Å². The lowest BCUT2D eigenvalue weighted by molar-refractivity contribution is 0.601. The van der Waals surface area contributed by atoms with Gasteiger partial charge in [-0.1, -0.05) is 23.7 Å². The predicted molar refractivity (Wildman–Crippen MR) is 86.2 cm³/mol. The van der Waals surface area contributed by atoms with E-state index >= 15 is 0 Å². The topological polar surface area (TPSA) is 58.2 Å². The van der Waals surface area contributed by atoms with Gasteiger partial charge in [0.05, 0.1) is 4.90 Å². The summed E-state index contributed by atoms with van der Waals surface area (Å²) in [6, 6.07) is 11.9. The minimum absolute atomic E-state index is 0.193. The minimum Gasteiger partial charge on any atom is -0.316 e. The monoisotopic (exact) mass is 324 g/mol. The summed E-state index contributed by atoms with van der Waals surface area (Å²) in [5, 5.41) is 3.50. The van der Waals surface area contributed by atoms with Gasteiger partial charge in [0.2, 0.25) is 0 Å². The molecule has 0 atom stereocenters. The highest BCUT2D eigenvalue weighted by Gasteiger charge is 2.16. The predicted octanol–water partition coefficient (Wildman–Crippen LogP) is 3.17. The number of anilines is 1. The van der Waals surface area contributed by atoms with E-state index < -0.39 is 10.0 Å². The first-order valence-electron chi connectivity index (χ1n) is 6.45. The molecule has 0 saturated carbocycles. The average molecular weight is 325 g/mol. The highest BCUT2D eigenvalue weighted by molar-refractivity contribution is 7.92. The molecule has 0 fully saturated rings. The van der Waals surface area contributed by atoms with Crippen LogP contribution in [0.1, 0.15) is 11.1 Å². The van der Waals surface area contributed by atoms with Gasteiger partial charge in [0.25, 0.3) is 10.0 Å². The Kier molecular flexibility index (Phi) is 4.88. The largest absolute Gasteiger partial charge is 0.316 e. The molecule has 0 aliphatic heterocycles. The van der Waals surface area contributed by atoms with Crippen molar-refractivity contribution in [2.24, 2.45) is 0 Å². The number of aryl methyl sites for hydroxylation is 1. The lowest BCUT2D eigenvalue weighted by Crippen LogP contribution is -2.14. The third-order valence-electron chi connectivity index (χ3n) is 2.96. The van der Waals surface area contributed by atoms with E-state index in [0.29, 0.717) is 17.3 Å². The van der Waals surface area contributed by atoms with E-state index in [0.717, 1.165) is 11.1 Å². The molecule has 0 saturated heterocycles. The second-order valence-corrected chi connectivity index (χ2v) is 6.85. The van der Waals surface area contributed by atoms with Crippen LogP contribution in [0.3, 0.4) is 0 Å². The lowest BCUT2D eigenvalue weighted by atomic mass is 10.2. The van der Waals surface area contributed by atoms with Crippen LogP contribution in [0.15, 0.2) is 47.4 Å². The Morgan fingerprint density at radius 2 is 1.90 bits per heavy atom. The molecule has 0 unspecified atom stereocenters. The molecule has 2 rings (SSSR count). The highest BCUT2D eigenvalue weighted by atomic mass is 35.5. The van der Waals surface area contributed by atoms with Crippen molar-refractivity contribution in [1.82, 2.24) is 5.32 Å². The van der Waals surface area contributed by atoms with Gasteiger partial charge in [-0.05, 0) is 55.4 Å². The molecule has 0 aromatic heterocycles. The Bertz CT molecular complexity index is 745. The van der Waals surface area contributed by atoms with E-state index in [1.807, 2.05) is 19.1 Å². The van der Waals surface area contributed by atoms with Crippen LogP contribution in [0.2, 0.25) is 5.02 Å². The Morgan fingerprint density at radius 1 is 1.14 bits per heavy atom. The number of halogens is 1. The summed E-state index contributed by atoms with van der Waals surface area (Å²) < 4.78 is 27.4. The van der Waals surface area contributed by atoms with Gasteiger partial charge in [-0.15, -0.1) is 0 Å². The van der Waals surface area contributed by atoms with Crippen molar-refractivity contribution in [2.45, 2.75) is 18.4 Å². The SMILES string of the molecule is CNCc1cc(S(=O)(=O)Nc2cccc(C)c2)ccc1Cl. The van der Waals surface area contributed by atoms with Crippen LogP contribution in [-0.4, -0.2) is 15.5 Å². The summed E-state index contributed by atoms with van der Waals surface area (Å²) >= 11 is 6.05. The molecular weight excluding hydrogens is 308 g/mol. The van der Waals surface area contributed by atoms with Gasteiger partial charge >= 0.3 is 0 Å². The third-order valence-corrected chi connectivity index (χ3v) is 4.71. The Labute approximate surface area is 130 Å². The first-order valence-corrected chi connectivity index (χ1v) is 8.31.